The molecule has 2 aromatic carbocycles. The fourth-order valence-electron chi connectivity index (χ4n) is 5.13. The summed E-state index contributed by atoms with van der Waals surface area (Å²) in [7, 11) is 0. The van der Waals surface area contributed by atoms with Crippen LogP contribution in [-0.2, 0) is 21.6 Å². The van der Waals surface area contributed by atoms with E-state index in [2.05, 4.69) is 5.16 Å². The molecule has 186 valence electrons. The van der Waals surface area contributed by atoms with Crippen molar-refractivity contribution in [1.29, 1.82) is 0 Å². The zero-order chi connectivity index (χ0) is 25.0. The maximum atomic E-state index is 13.2. The fourth-order valence-corrected chi connectivity index (χ4v) is 5.71. The molecule has 2 aliphatic carbocycles. The summed E-state index contributed by atoms with van der Waals surface area (Å²) in [6.45, 7) is 0.627. The van der Waals surface area contributed by atoms with Crippen LogP contribution in [-0.4, -0.2) is 28.7 Å². The average Bonchev–Trinajstić information content (AvgIpc) is 3.77. The number of fused-ring (bicyclic) bond motifs is 2. The van der Waals surface area contributed by atoms with E-state index in [0.29, 0.717) is 45.9 Å². The summed E-state index contributed by atoms with van der Waals surface area (Å²) < 4.78 is 12.0. The van der Waals surface area contributed by atoms with Crippen molar-refractivity contribution in [2.75, 3.05) is 11.4 Å². The lowest BCUT2D eigenvalue weighted by Crippen LogP contribution is -2.33. The number of halogens is 2. The Hall–Kier alpha value is -3.03. The van der Waals surface area contributed by atoms with Crippen LogP contribution in [0.1, 0.15) is 61.3 Å². The summed E-state index contributed by atoms with van der Waals surface area (Å²) in [5.41, 5.74) is 3.37. The summed E-state index contributed by atoms with van der Waals surface area (Å²) in [5.74, 6) is 0.979. The fraction of sp³-hybridized carbons (Fsp3) is 0.370. The van der Waals surface area contributed by atoms with Gasteiger partial charge in [-0.3, -0.25) is 9.59 Å². The topological polar surface area (TPSA) is 92.9 Å². The third-order valence-corrected chi connectivity index (χ3v) is 7.93. The van der Waals surface area contributed by atoms with Crippen LogP contribution in [0, 0.1) is 0 Å². The van der Waals surface area contributed by atoms with Gasteiger partial charge in [0, 0.05) is 30.1 Å². The molecule has 0 atom stereocenters. The highest BCUT2D eigenvalue weighted by Crippen LogP contribution is 2.58. The van der Waals surface area contributed by atoms with Gasteiger partial charge in [-0.15, -0.1) is 0 Å². The van der Waals surface area contributed by atoms with Gasteiger partial charge >= 0.3 is 5.97 Å². The van der Waals surface area contributed by atoms with Crippen molar-refractivity contribution >= 4 is 40.8 Å². The minimum absolute atomic E-state index is 0.0349. The Kier molecular flexibility index (Phi) is 5.73. The van der Waals surface area contributed by atoms with Gasteiger partial charge in [0.1, 0.15) is 23.8 Å². The second kappa shape index (κ2) is 8.82. The number of rotatable bonds is 9. The summed E-state index contributed by atoms with van der Waals surface area (Å²) in [4.78, 5) is 25.8. The van der Waals surface area contributed by atoms with Gasteiger partial charge in [-0.2, -0.15) is 0 Å². The molecule has 1 spiro atoms. The van der Waals surface area contributed by atoms with Gasteiger partial charge < -0.3 is 19.3 Å². The molecule has 2 saturated carbocycles. The number of carbonyl (C=O) groups excluding carboxylic acids is 1. The number of aliphatic carboxylic acids is 1. The van der Waals surface area contributed by atoms with Crippen molar-refractivity contribution in [3.63, 3.8) is 0 Å². The Morgan fingerprint density at radius 3 is 2.61 bits per heavy atom. The summed E-state index contributed by atoms with van der Waals surface area (Å²) in [6, 6.07) is 11.0. The Balaban J connectivity index is 1.27. The van der Waals surface area contributed by atoms with E-state index in [4.69, 9.17) is 37.6 Å². The summed E-state index contributed by atoms with van der Waals surface area (Å²) in [6.07, 6.45) is 4.12. The molecule has 0 radical (unpaired) electrons. The molecule has 1 amide bonds. The highest BCUT2D eigenvalue weighted by atomic mass is 35.5. The average molecular weight is 527 g/mol. The van der Waals surface area contributed by atoms with Gasteiger partial charge in [-0.1, -0.05) is 34.4 Å². The minimum atomic E-state index is -0.858. The molecule has 1 aliphatic heterocycles. The maximum Gasteiger partial charge on any atom is 0.303 e. The van der Waals surface area contributed by atoms with E-state index in [9.17, 15) is 9.59 Å². The van der Waals surface area contributed by atoms with Crippen LogP contribution in [0.5, 0.6) is 5.75 Å². The first-order valence-corrected chi connectivity index (χ1v) is 12.9. The third kappa shape index (κ3) is 3.95. The number of carbonyl (C=O) groups is 2. The molecule has 3 aliphatic rings. The third-order valence-electron chi connectivity index (χ3n) is 7.30. The van der Waals surface area contributed by atoms with Crippen LogP contribution in [0.4, 0.5) is 5.69 Å². The molecular formula is C27H24Cl2N2O5. The number of aromatic nitrogens is 1. The molecule has 7 nitrogen and oxygen atoms in total. The number of anilines is 1. The van der Waals surface area contributed by atoms with Crippen LogP contribution >= 0.6 is 23.2 Å². The lowest BCUT2D eigenvalue weighted by Gasteiger charge is -2.17. The first kappa shape index (κ1) is 23.4. The van der Waals surface area contributed by atoms with Crippen LogP contribution < -0.4 is 9.64 Å². The monoisotopic (exact) mass is 526 g/mol. The van der Waals surface area contributed by atoms with Gasteiger partial charge in [-0.05, 0) is 68.0 Å². The van der Waals surface area contributed by atoms with Gasteiger partial charge in [0.2, 0.25) is 5.91 Å². The molecule has 2 fully saturated rings. The summed E-state index contributed by atoms with van der Waals surface area (Å²) in [5, 5.41) is 14.3. The predicted molar refractivity (Wildman–Crippen MR) is 135 cm³/mol. The summed E-state index contributed by atoms with van der Waals surface area (Å²) >= 11 is 12.9. The number of benzene rings is 2. The second-order valence-electron chi connectivity index (χ2n) is 9.75. The second-order valence-corrected chi connectivity index (χ2v) is 10.6. The lowest BCUT2D eigenvalue weighted by molar-refractivity contribution is -0.137. The molecule has 0 saturated heterocycles. The quantitative estimate of drug-likeness (QED) is 0.349. The Bertz CT molecular complexity index is 1360. The first-order chi connectivity index (χ1) is 17.4. The molecule has 2 heterocycles. The number of hydrogen-bond donors (Lipinski definition) is 1. The zero-order valence-corrected chi connectivity index (χ0v) is 20.9. The van der Waals surface area contributed by atoms with E-state index in [1.165, 1.54) is 0 Å². The largest absolute Gasteiger partial charge is 0.489 e. The number of amides is 1. The normalized spacial score (nSPS) is 17.5. The van der Waals surface area contributed by atoms with Crippen LogP contribution in [0.2, 0.25) is 10.0 Å². The van der Waals surface area contributed by atoms with Crippen molar-refractivity contribution in [3.05, 3.63) is 63.3 Å². The molecule has 36 heavy (non-hydrogen) atoms. The molecule has 1 aromatic heterocycles. The van der Waals surface area contributed by atoms with Gasteiger partial charge in [0.05, 0.1) is 21.0 Å². The van der Waals surface area contributed by atoms with E-state index >= 15 is 0 Å². The van der Waals surface area contributed by atoms with Crippen LogP contribution in [0.15, 0.2) is 40.9 Å². The SMILES string of the molecule is O=C(O)CCCN1C(=O)C2(CC2)c2cc(OCc3c(-c4c(Cl)cccc4Cl)noc3C3CC3)ccc21. The minimum Gasteiger partial charge on any atom is -0.489 e. The molecule has 0 unspecified atom stereocenters. The number of nitrogens with zero attached hydrogens (tertiary/aromatic N) is 2. The smallest absolute Gasteiger partial charge is 0.303 e. The standard InChI is InChI=1S/C27H24Cl2N2O5/c28-19-3-1-4-20(29)23(19)24-17(25(36-30-24)15-6-7-15)14-35-16-8-9-21-18(13-16)27(10-11-27)26(34)31(21)12-2-5-22(32)33/h1,3-4,8-9,13,15H,2,5-7,10-12,14H2,(H,32,33). The molecule has 6 rings (SSSR count). The van der Waals surface area contributed by atoms with Crippen molar-refractivity contribution in [1.82, 2.24) is 5.16 Å². The number of carboxylic acids is 1. The molecule has 3 aromatic rings. The lowest BCUT2D eigenvalue weighted by atomic mass is 9.98. The van der Waals surface area contributed by atoms with E-state index in [0.717, 1.165) is 48.3 Å². The Labute approximate surface area is 217 Å². The molecule has 1 N–H and O–H groups in total. The molecular weight excluding hydrogens is 503 g/mol. The zero-order valence-electron chi connectivity index (χ0n) is 19.4. The number of ether oxygens (including phenoxy) is 1. The van der Waals surface area contributed by atoms with Gasteiger partial charge in [0.25, 0.3) is 0 Å². The number of carboxylic acid groups (broad SMARTS) is 1. The van der Waals surface area contributed by atoms with E-state index < -0.39 is 11.4 Å². The van der Waals surface area contributed by atoms with Crippen molar-refractivity contribution < 1.29 is 24.0 Å². The van der Waals surface area contributed by atoms with Crippen molar-refractivity contribution in [3.8, 4) is 17.0 Å². The predicted octanol–water partition coefficient (Wildman–Crippen LogP) is 6.35. The number of hydrogen-bond acceptors (Lipinski definition) is 5. The first-order valence-electron chi connectivity index (χ1n) is 12.1. The van der Waals surface area contributed by atoms with Crippen molar-refractivity contribution in [2.45, 2.75) is 56.5 Å². The van der Waals surface area contributed by atoms with Crippen molar-refractivity contribution in [2.24, 2.45) is 0 Å². The molecule has 0 bridgehead atoms. The van der Waals surface area contributed by atoms with Crippen LogP contribution in [0.3, 0.4) is 0 Å². The van der Waals surface area contributed by atoms with Crippen LogP contribution in [0.25, 0.3) is 11.3 Å². The highest BCUT2D eigenvalue weighted by molar-refractivity contribution is 6.39. The Morgan fingerprint density at radius 1 is 1.19 bits per heavy atom. The Morgan fingerprint density at radius 2 is 1.94 bits per heavy atom. The molecule has 9 heteroatoms. The van der Waals surface area contributed by atoms with E-state index in [1.807, 2.05) is 18.2 Å². The van der Waals surface area contributed by atoms with E-state index in [1.54, 1.807) is 23.1 Å². The highest BCUT2D eigenvalue weighted by Gasteiger charge is 2.59. The van der Waals surface area contributed by atoms with Gasteiger partial charge in [-0.25, -0.2) is 0 Å². The maximum absolute atomic E-state index is 13.2. The van der Waals surface area contributed by atoms with Gasteiger partial charge in [0.15, 0.2) is 0 Å². The van der Waals surface area contributed by atoms with E-state index in [-0.39, 0.29) is 18.9 Å².